The minimum absolute atomic E-state index is 0.312. The lowest BCUT2D eigenvalue weighted by Gasteiger charge is -2.05. The van der Waals surface area contributed by atoms with Gasteiger partial charge in [0, 0.05) is 12.4 Å². The second-order valence-corrected chi connectivity index (χ2v) is 6.22. The van der Waals surface area contributed by atoms with E-state index in [-0.39, 0.29) is 0 Å². The first-order valence-electron chi connectivity index (χ1n) is 6.26. The van der Waals surface area contributed by atoms with Crippen LogP contribution in [0.4, 0.5) is 0 Å². The van der Waals surface area contributed by atoms with Gasteiger partial charge in [-0.25, -0.2) is 12.4 Å². The first kappa shape index (κ1) is 13.8. The number of hydrogen-bond donors (Lipinski definition) is 1. The fourth-order valence-electron chi connectivity index (χ4n) is 1.90. The fourth-order valence-corrected chi connectivity index (χ4v) is 3.14. The summed E-state index contributed by atoms with van der Waals surface area (Å²) in [7, 11) is -1.54. The van der Waals surface area contributed by atoms with Gasteiger partial charge in [0.05, 0.1) is 4.90 Å². The van der Waals surface area contributed by atoms with E-state index < -0.39 is 10.0 Å². The van der Waals surface area contributed by atoms with Crippen LogP contribution in [0.25, 0.3) is 0 Å². The normalized spacial score (nSPS) is 11.6. The van der Waals surface area contributed by atoms with Crippen molar-refractivity contribution in [2.45, 2.75) is 17.7 Å². The average Bonchev–Trinajstić information content (AvgIpc) is 2.90. The van der Waals surface area contributed by atoms with E-state index in [0.29, 0.717) is 4.90 Å². The molecule has 0 aliphatic carbocycles. The van der Waals surface area contributed by atoms with Crippen LogP contribution in [-0.4, -0.2) is 26.0 Å². The molecule has 0 atom stereocenters. The van der Waals surface area contributed by atoms with Crippen LogP contribution >= 0.6 is 0 Å². The minimum atomic E-state index is -3.45. The van der Waals surface area contributed by atoms with Crippen LogP contribution in [0.5, 0.6) is 0 Å². The van der Waals surface area contributed by atoms with E-state index in [2.05, 4.69) is 5.32 Å². The lowest BCUT2D eigenvalue weighted by molar-refractivity contribution is 0.587. The summed E-state index contributed by atoms with van der Waals surface area (Å²) in [6, 6.07) is 10.3. The summed E-state index contributed by atoms with van der Waals surface area (Å²) in [6.45, 7) is 0.927. The van der Waals surface area contributed by atoms with Gasteiger partial charge in [-0.05, 0) is 50.2 Å². The van der Waals surface area contributed by atoms with E-state index in [9.17, 15) is 8.42 Å². The molecule has 0 saturated heterocycles. The van der Waals surface area contributed by atoms with E-state index >= 15 is 0 Å². The zero-order valence-corrected chi connectivity index (χ0v) is 11.7. The van der Waals surface area contributed by atoms with Gasteiger partial charge >= 0.3 is 0 Å². The van der Waals surface area contributed by atoms with Gasteiger partial charge in [-0.15, -0.1) is 0 Å². The number of hydrogen-bond acceptors (Lipinski definition) is 3. The molecule has 0 unspecified atom stereocenters. The molecule has 0 aliphatic rings. The van der Waals surface area contributed by atoms with Gasteiger partial charge in [0.2, 0.25) is 0 Å². The molecule has 0 aliphatic heterocycles. The molecule has 2 aromatic rings. The molecule has 0 saturated carbocycles. The molecule has 1 aromatic heterocycles. The Kier molecular flexibility index (Phi) is 4.39. The number of nitrogens with one attached hydrogen (secondary N) is 1. The third kappa shape index (κ3) is 3.24. The van der Waals surface area contributed by atoms with Gasteiger partial charge in [-0.1, -0.05) is 18.2 Å². The zero-order valence-electron chi connectivity index (χ0n) is 10.9. The fraction of sp³-hybridized carbons (Fsp3) is 0.286. The molecular weight excluding hydrogens is 260 g/mol. The van der Waals surface area contributed by atoms with Gasteiger partial charge in [-0.3, -0.25) is 0 Å². The highest BCUT2D eigenvalue weighted by Gasteiger charge is 2.15. The molecule has 0 spiro atoms. The maximum atomic E-state index is 12.3. The largest absolute Gasteiger partial charge is 0.320 e. The molecule has 1 N–H and O–H groups in total. The van der Waals surface area contributed by atoms with Crippen molar-refractivity contribution in [1.29, 1.82) is 0 Å². The number of aromatic nitrogens is 1. The first-order valence-corrected chi connectivity index (χ1v) is 7.70. The Morgan fingerprint density at radius 3 is 2.58 bits per heavy atom. The molecular formula is C14H18N2O2S. The molecule has 0 amide bonds. The Bertz CT molecular complexity index is 618. The van der Waals surface area contributed by atoms with Crippen LogP contribution in [0.2, 0.25) is 0 Å². The highest BCUT2D eigenvalue weighted by molar-refractivity contribution is 7.90. The topological polar surface area (TPSA) is 51.1 Å². The molecule has 4 nitrogen and oxygen atoms in total. The molecule has 1 heterocycles. The lowest BCUT2D eigenvalue weighted by atomic mass is 10.2. The van der Waals surface area contributed by atoms with Crippen LogP contribution in [0.1, 0.15) is 12.0 Å². The van der Waals surface area contributed by atoms with Crippen molar-refractivity contribution in [2.24, 2.45) is 0 Å². The third-order valence-electron chi connectivity index (χ3n) is 2.94. The van der Waals surface area contributed by atoms with Crippen LogP contribution in [0.3, 0.4) is 0 Å². The van der Waals surface area contributed by atoms with Gasteiger partial charge in [0.25, 0.3) is 10.0 Å². The molecule has 102 valence electrons. The van der Waals surface area contributed by atoms with Crippen molar-refractivity contribution in [2.75, 3.05) is 13.6 Å². The summed E-state index contributed by atoms with van der Waals surface area (Å²) in [5.74, 6) is 0. The second-order valence-electron chi connectivity index (χ2n) is 4.37. The zero-order chi connectivity index (χ0) is 13.7. The Morgan fingerprint density at radius 2 is 1.89 bits per heavy atom. The van der Waals surface area contributed by atoms with Crippen LogP contribution < -0.4 is 5.32 Å². The van der Waals surface area contributed by atoms with E-state index in [1.54, 1.807) is 42.7 Å². The molecule has 1 aromatic carbocycles. The van der Waals surface area contributed by atoms with Gasteiger partial charge in [-0.2, -0.15) is 0 Å². The lowest BCUT2D eigenvalue weighted by Crippen LogP contribution is -2.11. The van der Waals surface area contributed by atoms with Crippen molar-refractivity contribution >= 4 is 10.0 Å². The Hall–Kier alpha value is -1.59. The number of rotatable bonds is 6. The maximum absolute atomic E-state index is 12.3. The Labute approximate surface area is 114 Å². The average molecular weight is 278 g/mol. The standard InChI is InChI=1S/C14H18N2O2S/c1-15-10-5-6-13-9-11-16(12-13)19(17,18)14-7-3-2-4-8-14/h2-4,7-9,11-12,15H,5-6,10H2,1H3. The molecule has 0 radical (unpaired) electrons. The van der Waals surface area contributed by atoms with Crippen LogP contribution in [-0.2, 0) is 16.4 Å². The van der Waals surface area contributed by atoms with Gasteiger partial charge in [0.1, 0.15) is 0 Å². The monoisotopic (exact) mass is 278 g/mol. The predicted octanol–water partition coefficient (Wildman–Crippen LogP) is 1.88. The second kappa shape index (κ2) is 6.04. The number of nitrogens with zero attached hydrogens (tertiary/aromatic N) is 1. The van der Waals surface area contributed by atoms with E-state index in [0.717, 1.165) is 24.9 Å². The summed E-state index contributed by atoms with van der Waals surface area (Å²) in [4.78, 5) is 0.312. The molecule has 0 fully saturated rings. The maximum Gasteiger partial charge on any atom is 0.267 e. The minimum Gasteiger partial charge on any atom is -0.320 e. The summed E-state index contributed by atoms with van der Waals surface area (Å²) < 4.78 is 25.9. The number of benzene rings is 1. The van der Waals surface area contributed by atoms with Gasteiger partial charge < -0.3 is 5.32 Å². The van der Waals surface area contributed by atoms with Crippen molar-refractivity contribution in [3.63, 3.8) is 0 Å². The highest BCUT2D eigenvalue weighted by atomic mass is 32.2. The predicted molar refractivity (Wildman–Crippen MR) is 75.7 cm³/mol. The molecule has 5 heteroatoms. The summed E-state index contributed by atoms with van der Waals surface area (Å²) in [5, 5.41) is 3.08. The highest BCUT2D eigenvalue weighted by Crippen LogP contribution is 2.15. The van der Waals surface area contributed by atoms with Crippen molar-refractivity contribution in [1.82, 2.24) is 9.29 Å². The summed E-state index contributed by atoms with van der Waals surface area (Å²) in [5.41, 5.74) is 1.04. The Morgan fingerprint density at radius 1 is 1.16 bits per heavy atom. The molecule has 19 heavy (non-hydrogen) atoms. The first-order chi connectivity index (χ1) is 9.14. The quantitative estimate of drug-likeness (QED) is 0.821. The van der Waals surface area contributed by atoms with Crippen LogP contribution in [0, 0.1) is 0 Å². The van der Waals surface area contributed by atoms with Crippen LogP contribution in [0.15, 0.2) is 53.7 Å². The summed E-state index contributed by atoms with van der Waals surface area (Å²) >= 11 is 0. The van der Waals surface area contributed by atoms with Crippen molar-refractivity contribution in [3.05, 3.63) is 54.4 Å². The Balaban J connectivity index is 2.18. The van der Waals surface area contributed by atoms with Crippen molar-refractivity contribution < 1.29 is 8.42 Å². The van der Waals surface area contributed by atoms with E-state index in [1.807, 2.05) is 13.1 Å². The van der Waals surface area contributed by atoms with E-state index in [1.165, 1.54) is 3.97 Å². The number of aryl methyl sites for hydroxylation is 1. The third-order valence-corrected chi connectivity index (χ3v) is 4.59. The molecule has 0 bridgehead atoms. The summed E-state index contributed by atoms with van der Waals surface area (Å²) in [6.07, 6.45) is 5.17. The van der Waals surface area contributed by atoms with Crippen molar-refractivity contribution in [3.8, 4) is 0 Å². The smallest absolute Gasteiger partial charge is 0.267 e. The van der Waals surface area contributed by atoms with E-state index in [4.69, 9.17) is 0 Å². The molecule has 2 rings (SSSR count). The SMILES string of the molecule is CNCCCc1ccn(S(=O)(=O)c2ccccc2)c1. The van der Waals surface area contributed by atoms with Gasteiger partial charge in [0.15, 0.2) is 0 Å².